The van der Waals surface area contributed by atoms with Crippen LogP contribution in [-0.4, -0.2) is 51.9 Å². The molecule has 1 spiro atoms. The van der Waals surface area contributed by atoms with E-state index in [0.29, 0.717) is 23.8 Å². The summed E-state index contributed by atoms with van der Waals surface area (Å²) >= 11 is 5.76. The molecule has 1 saturated heterocycles. The van der Waals surface area contributed by atoms with Crippen LogP contribution in [0, 0.1) is 11.3 Å². The summed E-state index contributed by atoms with van der Waals surface area (Å²) in [6.45, 7) is 7.37. The minimum Gasteiger partial charge on any atom is -0.451 e. The van der Waals surface area contributed by atoms with E-state index in [1.807, 2.05) is 0 Å². The average Bonchev–Trinajstić information content (AvgIpc) is 2.93. The van der Waals surface area contributed by atoms with Crippen molar-refractivity contribution in [3.05, 3.63) is 23.4 Å². The van der Waals surface area contributed by atoms with Crippen LogP contribution in [0.3, 0.4) is 0 Å². The summed E-state index contributed by atoms with van der Waals surface area (Å²) < 4.78 is 5.13. The molecule has 2 fully saturated rings. The van der Waals surface area contributed by atoms with E-state index >= 15 is 0 Å². The Morgan fingerprint density at radius 2 is 1.97 bits per heavy atom. The first-order valence-electron chi connectivity index (χ1n) is 10.7. The van der Waals surface area contributed by atoms with Crippen LogP contribution in [-0.2, 0) is 19.1 Å². The topological polar surface area (TPSA) is 118 Å². The van der Waals surface area contributed by atoms with E-state index in [1.165, 1.54) is 19.2 Å². The molecular formula is C22H29ClN4O5. The lowest BCUT2D eigenvalue weighted by atomic mass is 9.67. The van der Waals surface area contributed by atoms with Crippen molar-refractivity contribution >= 4 is 41.2 Å². The Balaban J connectivity index is 1.54. The molecule has 0 radical (unpaired) electrons. The van der Waals surface area contributed by atoms with E-state index in [9.17, 15) is 19.2 Å². The lowest BCUT2D eigenvalue weighted by Crippen LogP contribution is -2.50. The highest BCUT2D eigenvalue weighted by Crippen LogP contribution is 2.43. The maximum Gasteiger partial charge on any atom is 0.327 e. The largest absolute Gasteiger partial charge is 0.451 e. The summed E-state index contributed by atoms with van der Waals surface area (Å²) in [5.74, 6) is -1.13. The van der Waals surface area contributed by atoms with Gasteiger partial charge in [0.2, 0.25) is 0 Å². The molecule has 9 nitrogen and oxygen atoms in total. The van der Waals surface area contributed by atoms with Gasteiger partial charge in [-0.05, 0) is 56.1 Å². The number of hydrogen-bond donors (Lipinski definition) is 2. The van der Waals surface area contributed by atoms with Crippen molar-refractivity contribution in [3.63, 3.8) is 0 Å². The predicted molar refractivity (Wildman–Crippen MR) is 118 cm³/mol. The van der Waals surface area contributed by atoms with Crippen molar-refractivity contribution in [2.75, 3.05) is 11.9 Å². The summed E-state index contributed by atoms with van der Waals surface area (Å²) in [5, 5.41) is 5.71. The van der Waals surface area contributed by atoms with Crippen LogP contribution in [0.15, 0.2) is 18.3 Å². The standard InChI is InChI=1S/C22H29ClN4O5/c1-13(18(29)25-16-6-5-15(23)11-24-16)32-17(28)12-27-19(30)22(26-20(27)31)9-7-14(8-10-22)21(2,3)4/h5-6,11,13-14H,7-10,12H2,1-4H3,(H,26,31)(H,24,25,29)/t13-,14?,22?/m1/s1. The molecule has 4 amide bonds. The molecule has 2 N–H and O–H groups in total. The first-order chi connectivity index (χ1) is 14.9. The summed E-state index contributed by atoms with van der Waals surface area (Å²) in [4.78, 5) is 54.9. The van der Waals surface area contributed by atoms with Crippen LogP contribution < -0.4 is 10.6 Å². The van der Waals surface area contributed by atoms with Crippen LogP contribution in [0.4, 0.5) is 10.6 Å². The SMILES string of the molecule is C[C@@H](OC(=O)CN1C(=O)NC2(CCC(C(C)(C)C)CC2)C1=O)C(=O)Nc1ccc(Cl)cn1. The summed E-state index contributed by atoms with van der Waals surface area (Å²) in [6, 6.07) is 2.46. The van der Waals surface area contributed by atoms with E-state index in [0.717, 1.165) is 17.7 Å². The Morgan fingerprint density at radius 3 is 2.53 bits per heavy atom. The second kappa shape index (κ2) is 9.05. The Morgan fingerprint density at radius 1 is 1.31 bits per heavy atom. The van der Waals surface area contributed by atoms with Gasteiger partial charge < -0.3 is 15.4 Å². The molecule has 1 aromatic heterocycles. The molecule has 174 valence electrons. The van der Waals surface area contributed by atoms with Crippen molar-refractivity contribution in [3.8, 4) is 0 Å². The number of halogens is 1. The highest BCUT2D eigenvalue weighted by Gasteiger charge is 2.53. The van der Waals surface area contributed by atoms with Gasteiger partial charge >= 0.3 is 12.0 Å². The summed E-state index contributed by atoms with van der Waals surface area (Å²) in [5.41, 5.74) is -0.822. The van der Waals surface area contributed by atoms with Crippen LogP contribution >= 0.6 is 11.6 Å². The molecule has 1 aliphatic carbocycles. The first-order valence-corrected chi connectivity index (χ1v) is 11.0. The van der Waals surface area contributed by atoms with Crippen LogP contribution in [0.1, 0.15) is 53.4 Å². The van der Waals surface area contributed by atoms with E-state index in [1.54, 1.807) is 6.07 Å². The van der Waals surface area contributed by atoms with E-state index in [4.69, 9.17) is 16.3 Å². The van der Waals surface area contributed by atoms with Crippen LogP contribution in [0.2, 0.25) is 5.02 Å². The number of nitrogens with one attached hydrogen (secondary N) is 2. The fourth-order valence-electron chi connectivity index (χ4n) is 4.23. The molecular weight excluding hydrogens is 436 g/mol. The minimum absolute atomic E-state index is 0.134. The minimum atomic E-state index is -1.14. The third-order valence-electron chi connectivity index (χ3n) is 6.25. The molecule has 2 aliphatic rings. The average molecular weight is 465 g/mol. The molecule has 3 rings (SSSR count). The summed E-state index contributed by atoms with van der Waals surface area (Å²) in [6.07, 6.45) is 2.96. The molecule has 0 unspecified atom stereocenters. The predicted octanol–water partition coefficient (Wildman–Crippen LogP) is 3.13. The zero-order valence-corrected chi connectivity index (χ0v) is 19.5. The van der Waals surface area contributed by atoms with E-state index < -0.39 is 42.0 Å². The normalized spacial score (nSPS) is 24.3. The zero-order chi connectivity index (χ0) is 23.7. The van der Waals surface area contributed by atoms with Gasteiger partial charge in [0.05, 0.1) is 5.02 Å². The number of anilines is 1. The van der Waals surface area contributed by atoms with Crippen LogP contribution in [0.5, 0.6) is 0 Å². The number of hydrogen-bond acceptors (Lipinski definition) is 6. The van der Waals surface area contributed by atoms with Gasteiger partial charge in [-0.3, -0.25) is 19.3 Å². The third-order valence-corrected chi connectivity index (χ3v) is 6.48. The van der Waals surface area contributed by atoms with Gasteiger partial charge in [0, 0.05) is 6.20 Å². The molecule has 32 heavy (non-hydrogen) atoms. The number of rotatable bonds is 5. The number of carbonyl (C=O) groups excluding carboxylic acids is 4. The van der Waals surface area contributed by atoms with Crippen molar-refractivity contribution in [2.45, 2.75) is 65.0 Å². The third kappa shape index (κ3) is 5.20. The molecule has 2 heterocycles. The highest BCUT2D eigenvalue weighted by molar-refractivity contribution is 6.30. The number of ether oxygens (including phenoxy) is 1. The number of urea groups is 1. The number of nitrogens with zero attached hydrogens (tertiary/aromatic N) is 2. The van der Waals surface area contributed by atoms with Crippen molar-refractivity contribution < 1.29 is 23.9 Å². The molecule has 1 atom stereocenters. The fourth-order valence-corrected chi connectivity index (χ4v) is 4.34. The number of imide groups is 1. The lowest BCUT2D eigenvalue weighted by Gasteiger charge is -2.40. The first kappa shape index (κ1) is 24.0. The molecule has 1 aromatic rings. The number of amides is 4. The highest BCUT2D eigenvalue weighted by atomic mass is 35.5. The molecule has 0 aromatic carbocycles. The van der Waals surface area contributed by atoms with Gasteiger partial charge in [0.25, 0.3) is 11.8 Å². The zero-order valence-electron chi connectivity index (χ0n) is 18.7. The Kier molecular flexibility index (Phi) is 6.78. The Bertz CT molecular complexity index is 904. The van der Waals surface area contributed by atoms with Gasteiger partial charge in [-0.2, -0.15) is 0 Å². The van der Waals surface area contributed by atoms with Crippen molar-refractivity contribution in [1.82, 2.24) is 15.2 Å². The lowest BCUT2D eigenvalue weighted by molar-refractivity contribution is -0.155. The van der Waals surface area contributed by atoms with Crippen LogP contribution in [0.25, 0.3) is 0 Å². The molecule has 1 saturated carbocycles. The quantitative estimate of drug-likeness (QED) is 0.510. The van der Waals surface area contributed by atoms with Gasteiger partial charge in [-0.15, -0.1) is 0 Å². The molecule has 10 heteroatoms. The number of esters is 1. The smallest absolute Gasteiger partial charge is 0.327 e. The maximum atomic E-state index is 13.0. The summed E-state index contributed by atoms with van der Waals surface area (Å²) in [7, 11) is 0. The van der Waals surface area contributed by atoms with Gasteiger partial charge in [0.15, 0.2) is 6.10 Å². The molecule has 0 bridgehead atoms. The van der Waals surface area contributed by atoms with Crippen molar-refractivity contribution in [1.29, 1.82) is 0 Å². The van der Waals surface area contributed by atoms with E-state index in [-0.39, 0.29) is 11.2 Å². The number of carbonyl (C=O) groups is 4. The second-order valence-corrected chi connectivity index (χ2v) is 9.96. The van der Waals surface area contributed by atoms with Gasteiger partial charge in [-0.1, -0.05) is 32.4 Å². The second-order valence-electron chi connectivity index (χ2n) is 9.53. The number of aromatic nitrogens is 1. The van der Waals surface area contributed by atoms with Gasteiger partial charge in [0.1, 0.15) is 17.9 Å². The molecule has 1 aliphatic heterocycles. The van der Waals surface area contributed by atoms with E-state index in [2.05, 4.69) is 36.4 Å². The Labute approximate surface area is 192 Å². The van der Waals surface area contributed by atoms with Crippen molar-refractivity contribution in [2.24, 2.45) is 11.3 Å². The number of pyridine rings is 1. The monoisotopic (exact) mass is 464 g/mol. The fraction of sp³-hybridized carbons (Fsp3) is 0.591. The van der Waals surface area contributed by atoms with Gasteiger partial charge in [-0.25, -0.2) is 9.78 Å². The maximum absolute atomic E-state index is 13.0. The Hall–Kier alpha value is -2.68.